The van der Waals surface area contributed by atoms with E-state index in [1.165, 1.54) is 51.0 Å². The molecule has 8 fully saturated rings. The Morgan fingerprint density at radius 1 is 0.357 bits per heavy atom. The summed E-state index contributed by atoms with van der Waals surface area (Å²) in [5.41, 5.74) is 16.5. The summed E-state index contributed by atoms with van der Waals surface area (Å²) < 4.78 is 26.4. The van der Waals surface area contributed by atoms with Crippen molar-refractivity contribution < 1.29 is 28.3 Å². The van der Waals surface area contributed by atoms with Crippen molar-refractivity contribution in [1.82, 2.24) is 78.0 Å². The second-order valence-corrected chi connectivity index (χ2v) is 38.8. The molecule has 0 unspecified atom stereocenters. The third-order valence-corrected chi connectivity index (χ3v) is 28.6. The largest absolute Gasteiger partial charge is 0.496 e. The van der Waals surface area contributed by atoms with Crippen molar-refractivity contribution in [2.45, 2.75) is 203 Å². The fourth-order valence-electron chi connectivity index (χ4n) is 20.4. The van der Waals surface area contributed by atoms with Crippen molar-refractivity contribution in [1.29, 1.82) is 0 Å². The first-order valence-electron chi connectivity index (χ1n) is 46.5. The molecule has 8 aliphatic heterocycles. The molecule has 4 aromatic carbocycles. The molecule has 8 aliphatic rings. The fourth-order valence-corrected chi connectivity index (χ4v) is 20.9. The van der Waals surface area contributed by atoms with Gasteiger partial charge >= 0.3 is 0 Å². The van der Waals surface area contributed by atoms with E-state index in [9.17, 15) is 23.6 Å². The van der Waals surface area contributed by atoms with Gasteiger partial charge in [-0.2, -0.15) is 20.4 Å². The van der Waals surface area contributed by atoms with Crippen molar-refractivity contribution >= 4 is 104 Å². The Morgan fingerprint density at radius 2 is 0.713 bits per heavy atom. The zero-order valence-electron chi connectivity index (χ0n) is 76.5. The maximum atomic E-state index is 13.7. The fraction of sp³-hybridized carbons (Fsp3) is 0.480. The van der Waals surface area contributed by atoms with Crippen molar-refractivity contribution in [3.63, 3.8) is 0 Å². The van der Waals surface area contributed by atoms with Crippen LogP contribution in [0.5, 0.6) is 5.75 Å². The van der Waals surface area contributed by atoms with Gasteiger partial charge in [-0.05, 0) is 246 Å². The van der Waals surface area contributed by atoms with E-state index in [0.29, 0.717) is 67.5 Å². The number of methoxy groups -OCH3 is 1. The van der Waals surface area contributed by atoms with Gasteiger partial charge in [0.2, 0.25) is 0 Å². The van der Waals surface area contributed by atoms with Crippen LogP contribution in [-0.2, 0) is 0 Å². The Bertz CT molecular complexity index is 6190. The second kappa shape index (κ2) is 38.6. The number of amides is 4. The van der Waals surface area contributed by atoms with E-state index in [0.717, 1.165) is 257 Å². The zero-order chi connectivity index (χ0) is 90.3. The number of anilines is 4. The summed E-state index contributed by atoms with van der Waals surface area (Å²) in [5, 5.41) is 21.3. The molecule has 678 valence electrons. The predicted octanol–water partition coefficient (Wildman–Crippen LogP) is 20.0. The van der Waals surface area contributed by atoms with Crippen LogP contribution in [0, 0.1) is 78.0 Å². The Labute approximate surface area is 770 Å². The number of hydrogen-bond donors (Lipinski definition) is 0. The minimum absolute atomic E-state index is 0.0181. The summed E-state index contributed by atoms with van der Waals surface area (Å²) in [7, 11) is 1.45. The quantitative estimate of drug-likeness (QED) is 0.105. The van der Waals surface area contributed by atoms with Crippen LogP contribution in [0.15, 0.2) is 122 Å². The number of piperidine rings is 4. The highest BCUT2D eigenvalue weighted by atomic mass is 35.5. The lowest BCUT2D eigenvalue weighted by Gasteiger charge is -2.35. The van der Waals surface area contributed by atoms with E-state index in [1.807, 2.05) is 113 Å². The number of ether oxygens (including phenoxy) is 1. The van der Waals surface area contributed by atoms with Gasteiger partial charge in [-0.3, -0.25) is 19.2 Å². The molecule has 20 rings (SSSR count). The van der Waals surface area contributed by atoms with Crippen LogP contribution >= 0.6 is 34.8 Å². The van der Waals surface area contributed by atoms with Crippen LogP contribution in [0.1, 0.15) is 258 Å². The van der Waals surface area contributed by atoms with Crippen molar-refractivity contribution in [2.75, 3.05) is 105 Å². The monoisotopic (exact) mass is 1800 g/mol. The summed E-state index contributed by atoms with van der Waals surface area (Å²) in [5.74, 6) is 6.72. The molecule has 129 heavy (non-hydrogen) atoms. The summed E-state index contributed by atoms with van der Waals surface area (Å²) >= 11 is 18.7. The summed E-state index contributed by atoms with van der Waals surface area (Å²) in [4.78, 5) is 90.9. The summed E-state index contributed by atoms with van der Waals surface area (Å²) in [6.07, 6.45) is 24.8. The third-order valence-electron chi connectivity index (χ3n) is 27.5. The van der Waals surface area contributed by atoms with Gasteiger partial charge in [0.05, 0.1) is 59.6 Å². The first-order chi connectivity index (χ1) is 62.2. The maximum absolute atomic E-state index is 13.7. The van der Waals surface area contributed by atoms with E-state index >= 15 is 0 Å². The predicted molar refractivity (Wildman–Crippen MR) is 507 cm³/mol. The molecular formula is C100H120Cl3FN20O5. The molecule has 0 radical (unpaired) electrons. The highest BCUT2D eigenvalue weighted by Crippen LogP contribution is 2.41. The van der Waals surface area contributed by atoms with Gasteiger partial charge in [-0.25, -0.2) is 42.4 Å². The number of likely N-dealkylation sites (tertiary alicyclic amines) is 4. The number of carbonyl (C=O) groups excluding carboxylic acids is 4. The van der Waals surface area contributed by atoms with Gasteiger partial charge in [-0.15, -0.1) is 0 Å². The maximum Gasteiger partial charge on any atom is 0.258 e. The standard InChI is InChI=1S/3C25H30ClN5O.C25H30FN5O2/c1-16-10-12-29(14-16)24-17(2)15-31-23(27-24)13-21(28-31)22-9-4-5-11-30(22)25(32)19-7-6-8-20(26)18(19)3;1-16-9-11-29(14-16)24-18(3)15-31-23(27-24)13-21(28-31)22-6-4-5-10-30(22)25(32)20-8-7-19(26)12-17(20)2;1-16-9-11-29(14-16)24-18(3)15-31-23(27-24)13-21(28-31)22-6-4-5-10-30(22)25(32)19-8-7-17(2)20(26)12-19;1-16-9-11-29(14-16)24-17(2)15-31-23(27-24)13-20(28-31)21-6-4-5-10-30(21)25(32)19-8-7-18(26)12-22(19)33-3/h6-8,13,15-16,22H,4-5,9-12,14H2,1-3H3;2*7-8,12-13,15-16,22H,4-6,9-11,14H2,1-3H3;7-8,12-13,15-16,21H,4-6,9-11,14H2,1-3H3/t3*16-,22-;16-,21-/m0000/s1. The number of benzene rings is 4. The molecule has 8 saturated heterocycles. The number of halogens is 4. The summed E-state index contributed by atoms with van der Waals surface area (Å²) in [6.45, 7) is 34.5. The molecular weight excluding hydrogens is 1690 g/mol. The van der Waals surface area contributed by atoms with Crippen LogP contribution < -0.4 is 24.3 Å². The van der Waals surface area contributed by atoms with Gasteiger partial charge in [0.15, 0.2) is 22.6 Å². The lowest BCUT2D eigenvalue weighted by atomic mass is 9.97. The molecule has 4 amide bonds. The molecule has 0 spiro atoms. The number of carbonyl (C=O) groups is 4. The van der Waals surface area contributed by atoms with Gasteiger partial charge in [0, 0.05) is 188 Å². The second-order valence-electron chi connectivity index (χ2n) is 37.6. The molecule has 8 aromatic heterocycles. The van der Waals surface area contributed by atoms with Crippen LogP contribution in [-0.4, -0.2) is 187 Å². The Morgan fingerprint density at radius 3 is 1.06 bits per heavy atom. The number of rotatable bonds is 13. The summed E-state index contributed by atoms with van der Waals surface area (Å²) in [6, 6.07) is 28.5. The van der Waals surface area contributed by atoms with E-state index in [1.54, 1.807) is 12.1 Å². The van der Waals surface area contributed by atoms with Gasteiger partial charge in [0.1, 0.15) is 34.8 Å². The van der Waals surface area contributed by atoms with Crippen molar-refractivity contribution in [2.24, 2.45) is 23.7 Å². The van der Waals surface area contributed by atoms with E-state index < -0.39 is 5.82 Å². The lowest BCUT2D eigenvalue weighted by Crippen LogP contribution is -2.39. The number of nitrogens with zero attached hydrogens (tertiary/aromatic N) is 20. The average molecular weight is 1810 g/mol. The minimum atomic E-state index is -0.427. The van der Waals surface area contributed by atoms with Crippen LogP contribution in [0.4, 0.5) is 27.7 Å². The normalized spacial score (nSPS) is 21.4. The van der Waals surface area contributed by atoms with Gasteiger partial charge in [-0.1, -0.05) is 74.6 Å². The molecule has 0 N–H and O–H groups in total. The van der Waals surface area contributed by atoms with Crippen molar-refractivity contribution in [3.8, 4) is 5.75 Å². The number of fused-ring (bicyclic) bond motifs is 4. The lowest BCUT2D eigenvalue weighted by molar-refractivity contribution is 0.0596. The number of aryl methyl sites for hydroxylation is 6. The minimum Gasteiger partial charge on any atom is -0.496 e. The van der Waals surface area contributed by atoms with Crippen molar-refractivity contribution in [3.05, 3.63) is 227 Å². The van der Waals surface area contributed by atoms with E-state index in [4.69, 9.17) is 79.9 Å². The zero-order valence-corrected chi connectivity index (χ0v) is 78.7. The molecule has 0 saturated carbocycles. The highest BCUT2D eigenvalue weighted by molar-refractivity contribution is 6.32. The first kappa shape index (κ1) is 90.0. The number of aromatic nitrogens is 12. The van der Waals surface area contributed by atoms with E-state index in [-0.39, 0.29) is 53.5 Å². The Kier molecular flexibility index (Phi) is 26.9. The average Bonchev–Trinajstić information content (AvgIpc) is 1.70. The first-order valence-corrected chi connectivity index (χ1v) is 47.6. The smallest absolute Gasteiger partial charge is 0.258 e. The molecule has 8 atom stereocenters. The Hall–Kier alpha value is -11.0. The third kappa shape index (κ3) is 19.2. The number of hydrogen-bond acceptors (Lipinski definition) is 17. The molecule has 29 heteroatoms. The molecule has 25 nitrogen and oxygen atoms in total. The van der Waals surface area contributed by atoms with Crippen LogP contribution in [0.2, 0.25) is 15.1 Å². The molecule has 16 heterocycles. The molecule has 12 aromatic rings. The van der Waals surface area contributed by atoms with Gasteiger partial charge < -0.3 is 43.9 Å². The SMILES string of the molecule is COc1cc(F)ccc1C(=O)N1CCCC[C@H]1c1cc2nc(N3CC[C@H](C)C3)c(C)cn2n1.Cc1cc(Cl)ccc1C(=O)N1CCCC[C@H]1c1cc2nc(N3CC[C@H](C)C3)c(C)cn2n1.Cc1ccc(C(=O)N2CCCC[C@H]2c2cc3nc(N4CC[C@H](C)C4)c(C)cn3n2)cc1Cl.Cc1cn2nc([C@@H]3CCCCN3C(=O)c3cccc(Cl)c3C)cc2nc1N1CC[C@H](C)C1. The van der Waals surface area contributed by atoms with E-state index in [2.05, 4.69) is 112 Å². The molecule has 0 bridgehead atoms. The van der Waals surface area contributed by atoms with Gasteiger partial charge in [0.25, 0.3) is 23.6 Å². The molecule has 0 aliphatic carbocycles. The van der Waals surface area contributed by atoms with Crippen LogP contribution in [0.3, 0.4) is 0 Å². The Balaban J connectivity index is 0.000000121. The topological polar surface area (TPSA) is 224 Å². The van der Waals surface area contributed by atoms with Crippen LogP contribution in [0.25, 0.3) is 22.6 Å². The highest BCUT2D eigenvalue weighted by Gasteiger charge is 2.39.